The molecule has 0 saturated carbocycles. The van der Waals surface area contributed by atoms with Gasteiger partial charge in [-0.05, 0) is 66.6 Å². The molecular weight excluding hydrogens is 470 g/mol. The molecule has 1 fully saturated rings. The smallest absolute Gasteiger partial charge is 0.296 e. The van der Waals surface area contributed by atoms with Crippen LogP contribution in [0.1, 0.15) is 34.1 Å². The third-order valence-electron chi connectivity index (χ3n) is 6.25. The summed E-state index contributed by atoms with van der Waals surface area (Å²) in [6.45, 7) is 2.44. The third-order valence-corrected chi connectivity index (χ3v) is 6.25. The van der Waals surface area contributed by atoms with Crippen molar-refractivity contribution >= 4 is 17.4 Å². The molecule has 1 aliphatic heterocycles. The Morgan fingerprint density at radius 3 is 2.46 bits per heavy atom. The Morgan fingerprint density at radius 2 is 1.76 bits per heavy atom. The number of Topliss-reactive ketones (excluding diaryl/α,β-unsaturated/α-hetero) is 1. The average molecular weight is 496 g/mol. The molecule has 0 aliphatic carbocycles. The lowest BCUT2D eigenvalue weighted by molar-refractivity contribution is -0.140. The summed E-state index contributed by atoms with van der Waals surface area (Å²) in [7, 11) is 0. The van der Waals surface area contributed by atoms with Crippen LogP contribution in [0.4, 0.5) is 0 Å². The highest BCUT2D eigenvalue weighted by molar-refractivity contribution is 6.46. The first-order valence-electron chi connectivity index (χ1n) is 11.8. The van der Waals surface area contributed by atoms with E-state index in [-0.39, 0.29) is 23.6 Å². The lowest BCUT2D eigenvalue weighted by Gasteiger charge is -2.24. The summed E-state index contributed by atoms with van der Waals surface area (Å²) in [5.41, 5.74) is 2.98. The molecule has 5 rings (SSSR count). The molecule has 0 unspecified atom stereocenters. The van der Waals surface area contributed by atoms with Crippen molar-refractivity contribution in [1.82, 2.24) is 4.90 Å². The van der Waals surface area contributed by atoms with Gasteiger partial charge in [-0.15, -0.1) is 0 Å². The van der Waals surface area contributed by atoms with E-state index < -0.39 is 17.7 Å². The number of carbonyl (C=O) groups excluding carboxylic acids is 2. The fraction of sp³-hybridized carbons (Fsp3) is 0.133. The Morgan fingerprint density at radius 1 is 0.973 bits per heavy atom. The molecule has 7 nitrogen and oxygen atoms in total. The number of hydrogen-bond donors (Lipinski definition) is 2. The first-order valence-corrected chi connectivity index (χ1v) is 11.8. The van der Waals surface area contributed by atoms with Crippen molar-refractivity contribution in [2.24, 2.45) is 0 Å². The van der Waals surface area contributed by atoms with Crippen LogP contribution in [0.3, 0.4) is 0 Å². The van der Waals surface area contributed by atoms with Crippen molar-refractivity contribution in [3.63, 3.8) is 0 Å². The highest BCUT2D eigenvalue weighted by Gasteiger charge is 2.46. The quantitative estimate of drug-likeness (QED) is 0.200. The molecule has 37 heavy (non-hydrogen) atoms. The van der Waals surface area contributed by atoms with Gasteiger partial charge in [-0.1, -0.05) is 42.0 Å². The molecule has 1 aromatic heterocycles. The second-order valence-corrected chi connectivity index (χ2v) is 8.90. The Balaban J connectivity index is 1.47. The number of nitrogens with zero attached hydrogens (tertiary/aromatic N) is 1. The van der Waals surface area contributed by atoms with Gasteiger partial charge in [0.1, 0.15) is 29.6 Å². The molecule has 0 bridgehead atoms. The monoisotopic (exact) mass is 495 g/mol. The van der Waals surface area contributed by atoms with Gasteiger partial charge in [0.05, 0.1) is 24.4 Å². The molecule has 7 heteroatoms. The number of hydrogen-bond acceptors (Lipinski definition) is 6. The van der Waals surface area contributed by atoms with E-state index in [9.17, 15) is 19.8 Å². The number of carbonyl (C=O) groups is 2. The number of aliphatic hydroxyl groups excluding tert-OH is 1. The molecule has 4 aromatic rings. The number of benzene rings is 3. The lowest BCUT2D eigenvalue weighted by Crippen LogP contribution is -2.29. The number of rotatable bonds is 7. The summed E-state index contributed by atoms with van der Waals surface area (Å²) < 4.78 is 11.3. The molecule has 3 aromatic carbocycles. The molecule has 0 spiro atoms. The van der Waals surface area contributed by atoms with Crippen molar-refractivity contribution in [1.29, 1.82) is 0 Å². The van der Waals surface area contributed by atoms with Crippen LogP contribution in [0.2, 0.25) is 0 Å². The van der Waals surface area contributed by atoms with Crippen LogP contribution in [0.25, 0.3) is 5.76 Å². The van der Waals surface area contributed by atoms with Crippen LogP contribution in [0, 0.1) is 6.92 Å². The second-order valence-electron chi connectivity index (χ2n) is 8.90. The van der Waals surface area contributed by atoms with Gasteiger partial charge >= 0.3 is 0 Å². The van der Waals surface area contributed by atoms with Crippen LogP contribution >= 0.6 is 0 Å². The maximum absolute atomic E-state index is 13.2. The molecule has 2 N–H and O–H groups in total. The van der Waals surface area contributed by atoms with Gasteiger partial charge in [-0.2, -0.15) is 0 Å². The summed E-state index contributed by atoms with van der Waals surface area (Å²) >= 11 is 0. The number of aliphatic hydroxyl groups is 1. The first-order chi connectivity index (χ1) is 17.9. The van der Waals surface area contributed by atoms with Gasteiger partial charge < -0.3 is 24.3 Å². The van der Waals surface area contributed by atoms with Crippen LogP contribution < -0.4 is 4.74 Å². The normalized spacial score (nSPS) is 16.8. The zero-order chi connectivity index (χ0) is 25.9. The number of aryl methyl sites for hydroxylation is 1. The number of furan rings is 1. The minimum absolute atomic E-state index is 0.0174. The number of aromatic hydroxyl groups is 1. The molecule has 1 saturated heterocycles. The van der Waals surface area contributed by atoms with Crippen molar-refractivity contribution < 1.29 is 29.0 Å². The summed E-state index contributed by atoms with van der Waals surface area (Å²) in [6.07, 6.45) is 1.48. The fourth-order valence-electron chi connectivity index (χ4n) is 4.49. The van der Waals surface area contributed by atoms with E-state index in [0.717, 1.165) is 11.1 Å². The number of likely N-dealkylation sites (tertiary alicyclic amines) is 1. The van der Waals surface area contributed by atoms with Gasteiger partial charge in [0, 0.05) is 5.56 Å². The van der Waals surface area contributed by atoms with E-state index in [1.165, 1.54) is 23.3 Å². The van der Waals surface area contributed by atoms with Gasteiger partial charge in [0.2, 0.25) is 0 Å². The van der Waals surface area contributed by atoms with Crippen LogP contribution in [-0.2, 0) is 22.7 Å². The minimum Gasteiger partial charge on any atom is -0.508 e. The van der Waals surface area contributed by atoms with Gasteiger partial charge in [-0.25, -0.2) is 0 Å². The number of ketones is 1. The average Bonchev–Trinajstić information content (AvgIpc) is 3.50. The van der Waals surface area contributed by atoms with E-state index in [4.69, 9.17) is 9.15 Å². The Labute approximate surface area is 213 Å². The van der Waals surface area contributed by atoms with Crippen molar-refractivity contribution in [3.05, 3.63) is 125 Å². The predicted molar refractivity (Wildman–Crippen MR) is 137 cm³/mol. The summed E-state index contributed by atoms with van der Waals surface area (Å²) in [4.78, 5) is 27.5. The van der Waals surface area contributed by atoms with Crippen LogP contribution in [-0.4, -0.2) is 26.8 Å². The number of phenolic OH excluding ortho intramolecular Hbond substituents is 1. The largest absolute Gasteiger partial charge is 0.508 e. The van der Waals surface area contributed by atoms with Gasteiger partial charge in [0.15, 0.2) is 0 Å². The third kappa shape index (κ3) is 4.97. The molecule has 0 radical (unpaired) electrons. The standard InChI is InChI=1S/C30H25NO6/c1-19-5-2-6-20(15-19)18-37-24-12-10-21(11-13-24)28(33)26-27(22-7-3-8-23(32)16-22)31(30(35)29(26)34)17-25-9-4-14-36-25/h2-16,27,32-33H,17-18H2,1H3/b28-26+/t27-/m0/s1. The van der Waals surface area contributed by atoms with E-state index in [1.807, 2.05) is 31.2 Å². The SMILES string of the molecule is Cc1cccc(COc2ccc(/C(O)=C3\C(=O)C(=O)N(Cc4ccco4)[C@H]3c3cccc(O)c3)cc2)c1. The molecule has 186 valence electrons. The highest BCUT2D eigenvalue weighted by Crippen LogP contribution is 2.41. The van der Waals surface area contributed by atoms with Crippen molar-refractivity contribution in [2.75, 3.05) is 0 Å². The summed E-state index contributed by atoms with van der Waals surface area (Å²) in [6, 6.07) is 23.5. The number of amides is 1. The molecule has 1 atom stereocenters. The fourth-order valence-corrected chi connectivity index (χ4v) is 4.49. The first kappa shape index (κ1) is 23.9. The Kier molecular flexibility index (Phi) is 6.51. The van der Waals surface area contributed by atoms with Crippen LogP contribution in [0.5, 0.6) is 11.5 Å². The molecule has 1 aliphatic rings. The minimum atomic E-state index is -0.908. The molecule has 2 heterocycles. The lowest BCUT2D eigenvalue weighted by atomic mass is 9.95. The van der Waals surface area contributed by atoms with E-state index in [1.54, 1.807) is 48.5 Å². The molecule has 1 amide bonds. The topological polar surface area (TPSA) is 100 Å². The number of phenols is 1. The van der Waals surface area contributed by atoms with Crippen molar-refractivity contribution in [3.8, 4) is 11.5 Å². The Bertz CT molecular complexity index is 1470. The molecular formula is C30H25NO6. The maximum Gasteiger partial charge on any atom is 0.296 e. The summed E-state index contributed by atoms with van der Waals surface area (Å²) in [5.74, 6) is -0.806. The number of ether oxygens (including phenoxy) is 1. The summed E-state index contributed by atoms with van der Waals surface area (Å²) in [5, 5.41) is 21.3. The van der Waals surface area contributed by atoms with E-state index in [2.05, 4.69) is 0 Å². The van der Waals surface area contributed by atoms with Gasteiger partial charge in [0.25, 0.3) is 11.7 Å². The highest BCUT2D eigenvalue weighted by atomic mass is 16.5. The maximum atomic E-state index is 13.2. The van der Waals surface area contributed by atoms with Crippen LogP contribution in [0.15, 0.2) is 101 Å². The zero-order valence-electron chi connectivity index (χ0n) is 20.1. The second kappa shape index (κ2) is 10.1. The van der Waals surface area contributed by atoms with Gasteiger partial charge in [-0.3, -0.25) is 9.59 Å². The Hall–Kier alpha value is -4.78. The van der Waals surface area contributed by atoms with E-state index >= 15 is 0 Å². The van der Waals surface area contributed by atoms with E-state index in [0.29, 0.717) is 29.2 Å². The predicted octanol–water partition coefficient (Wildman–Crippen LogP) is 5.49. The van der Waals surface area contributed by atoms with Crippen molar-refractivity contribution in [2.45, 2.75) is 26.1 Å². The zero-order valence-corrected chi connectivity index (χ0v) is 20.1.